The largest absolute Gasteiger partial charge is 0.497 e. The molecule has 0 aliphatic carbocycles. The third-order valence-corrected chi connectivity index (χ3v) is 2.94. The topological polar surface area (TPSA) is 101 Å². The number of carboxylic acids is 1. The van der Waals surface area contributed by atoms with Crippen molar-refractivity contribution in [1.29, 1.82) is 0 Å². The van der Waals surface area contributed by atoms with Gasteiger partial charge in [0.1, 0.15) is 10.8 Å². The van der Waals surface area contributed by atoms with Crippen molar-refractivity contribution < 1.29 is 14.6 Å². The lowest BCUT2D eigenvalue weighted by atomic mass is 10.2. The number of carboxylic acid groups (broad SMARTS) is 1. The second-order valence-corrected chi connectivity index (χ2v) is 4.14. The van der Waals surface area contributed by atoms with E-state index in [9.17, 15) is 14.4 Å². The van der Waals surface area contributed by atoms with Gasteiger partial charge in [0.15, 0.2) is 5.69 Å². The molecule has 0 atom stereocenters. The number of H-pyrrole nitrogens is 1. The van der Waals surface area contributed by atoms with Crippen molar-refractivity contribution in [1.82, 2.24) is 9.55 Å². The van der Waals surface area contributed by atoms with Crippen molar-refractivity contribution in [3.8, 4) is 11.4 Å². The van der Waals surface area contributed by atoms with E-state index in [2.05, 4.69) is 0 Å². The maximum Gasteiger partial charge on any atom is 0.354 e. The highest BCUT2D eigenvalue weighted by Crippen LogP contribution is 2.17. The maximum absolute atomic E-state index is 11.8. The van der Waals surface area contributed by atoms with Crippen LogP contribution in [0.25, 0.3) is 5.69 Å². The molecular weight excluding hydrogens is 288 g/mol. The number of methoxy groups -OCH3 is 1. The summed E-state index contributed by atoms with van der Waals surface area (Å²) >= 11 is 5.66. The zero-order valence-electron chi connectivity index (χ0n) is 10.2. The molecule has 2 aromatic rings. The summed E-state index contributed by atoms with van der Waals surface area (Å²) in [5, 5.41) is 8.57. The Morgan fingerprint density at radius 3 is 2.40 bits per heavy atom. The Labute approximate surface area is 117 Å². The van der Waals surface area contributed by atoms with Gasteiger partial charge in [0.25, 0.3) is 5.56 Å². The average molecular weight is 297 g/mol. The maximum atomic E-state index is 11.8. The Balaban J connectivity index is 2.78. The van der Waals surface area contributed by atoms with Crippen molar-refractivity contribution in [2.45, 2.75) is 0 Å². The standard InChI is InChI=1S/C12H9ClN2O5/c1-20-7-4-2-6(3-5-7)15-9(11(17)18)8(13)10(16)14-12(15)19/h2-5H,1H3,(H,17,18)(H,14,16,19). The number of ether oxygens (including phenoxy) is 1. The minimum absolute atomic E-state index is 0.242. The van der Waals surface area contributed by atoms with Gasteiger partial charge in [-0.15, -0.1) is 0 Å². The van der Waals surface area contributed by atoms with E-state index in [4.69, 9.17) is 21.4 Å². The van der Waals surface area contributed by atoms with E-state index >= 15 is 0 Å². The van der Waals surface area contributed by atoms with Crippen molar-refractivity contribution in [2.24, 2.45) is 0 Å². The molecule has 0 aliphatic heterocycles. The molecule has 0 aliphatic rings. The first-order valence-corrected chi connectivity index (χ1v) is 5.76. The SMILES string of the molecule is COc1ccc(-n2c(C(=O)O)c(Cl)c(=O)[nH]c2=O)cc1. The van der Waals surface area contributed by atoms with Gasteiger partial charge < -0.3 is 9.84 Å². The Bertz CT molecular complexity index is 776. The van der Waals surface area contributed by atoms with E-state index in [1.165, 1.54) is 19.2 Å². The van der Waals surface area contributed by atoms with Gasteiger partial charge in [0.2, 0.25) is 0 Å². The van der Waals surface area contributed by atoms with Crippen LogP contribution in [0.1, 0.15) is 10.5 Å². The van der Waals surface area contributed by atoms with Crippen LogP contribution >= 0.6 is 11.6 Å². The quantitative estimate of drug-likeness (QED) is 0.875. The summed E-state index contributed by atoms with van der Waals surface area (Å²) in [7, 11) is 1.47. The first-order chi connectivity index (χ1) is 9.45. The molecule has 1 aromatic carbocycles. The van der Waals surface area contributed by atoms with E-state index in [0.717, 1.165) is 4.57 Å². The number of aromatic nitrogens is 2. The van der Waals surface area contributed by atoms with Crippen LogP contribution in [0, 0.1) is 0 Å². The molecule has 2 N–H and O–H groups in total. The van der Waals surface area contributed by atoms with E-state index in [1.807, 2.05) is 4.98 Å². The number of halogens is 1. The fourth-order valence-electron chi connectivity index (χ4n) is 1.68. The van der Waals surface area contributed by atoms with Crippen molar-refractivity contribution in [3.63, 3.8) is 0 Å². The Hall–Kier alpha value is -2.54. The number of benzene rings is 1. The first kappa shape index (κ1) is 13.9. The van der Waals surface area contributed by atoms with Gasteiger partial charge in [0, 0.05) is 0 Å². The van der Waals surface area contributed by atoms with E-state index in [1.54, 1.807) is 12.1 Å². The molecule has 0 spiro atoms. The molecule has 0 saturated carbocycles. The predicted molar refractivity (Wildman–Crippen MR) is 71.2 cm³/mol. The highest BCUT2D eigenvalue weighted by molar-refractivity contribution is 6.33. The number of hydrogen-bond acceptors (Lipinski definition) is 4. The van der Waals surface area contributed by atoms with Gasteiger partial charge in [0.05, 0.1) is 12.8 Å². The van der Waals surface area contributed by atoms with Gasteiger partial charge in [-0.1, -0.05) is 11.6 Å². The number of nitrogens with one attached hydrogen (secondary N) is 1. The van der Waals surface area contributed by atoms with E-state index < -0.39 is 27.9 Å². The zero-order chi connectivity index (χ0) is 14.9. The lowest BCUT2D eigenvalue weighted by Gasteiger charge is -2.10. The first-order valence-electron chi connectivity index (χ1n) is 5.38. The van der Waals surface area contributed by atoms with Crippen molar-refractivity contribution in [3.05, 3.63) is 55.8 Å². The second-order valence-electron chi connectivity index (χ2n) is 3.76. The molecular formula is C12H9ClN2O5. The van der Waals surface area contributed by atoms with Crippen molar-refractivity contribution in [2.75, 3.05) is 7.11 Å². The normalized spacial score (nSPS) is 10.3. The summed E-state index contributed by atoms with van der Waals surface area (Å²) < 4.78 is 5.78. The Kier molecular flexibility index (Phi) is 3.62. The highest BCUT2D eigenvalue weighted by atomic mass is 35.5. The number of carbonyl (C=O) groups is 1. The van der Waals surface area contributed by atoms with Gasteiger partial charge in [-0.3, -0.25) is 14.3 Å². The summed E-state index contributed by atoms with van der Waals surface area (Å²) in [6.45, 7) is 0. The molecule has 104 valence electrons. The average Bonchev–Trinajstić information content (AvgIpc) is 2.42. The van der Waals surface area contributed by atoms with Gasteiger partial charge in [-0.05, 0) is 24.3 Å². The number of rotatable bonds is 3. The van der Waals surface area contributed by atoms with Crippen LogP contribution in [0.5, 0.6) is 5.75 Å². The fraction of sp³-hybridized carbons (Fsp3) is 0.0833. The van der Waals surface area contributed by atoms with Crippen LogP contribution in [0.2, 0.25) is 5.02 Å². The van der Waals surface area contributed by atoms with Crippen LogP contribution in [0.15, 0.2) is 33.9 Å². The Morgan fingerprint density at radius 2 is 1.90 bits per heavy atom. The lowest BCUT2D eigenvalue weighted by Crippen LogP contribution is -2.34. The van der Waals surface area contributed by atoms with Gasteiger partial charge in [-0.2, -0.15) is 0 Å². The molecule has 8 heteroatoms. The molecule has 0 amide bonds. The van der Waals surface area contributed by atoms with Crippen LogP contribution in [-0.4, -0.2) is 27.7 Å². The van der Waals surface area contributed by atoms with Crippen LogP contribution in [0.4, 0.5) is 0 Å². The van der Waals surface area contributed by atoms with E-state index in [-0.39, 0.29) is 5.69 Å². The summed E-state index contributed by atoms with van der Waals surface area (Å²) in [4.78, 5) is 36.4. The van der Waals surface area contributed by atoms with Gasteiger partial charge >= 0.3 is 11.7 Å². The minimum Gasteiger partial charge on any atom is -0.497 e. The highest BCUT2D eigenvalue weighted by Gasteiger charge is 2.20. The molecule has 0 radical (unpaired) electrons. The molecule has 0 unspecified atom stereocenters. The summed E-state index contributed by atoms with van der Waals surface area (Å²) in [5.74, 6) is -0.941. The fourth-order valence-corrected chi connectivity index (χ4v) is 1.89. The summed E-state index contributed by atoms with van der Waals surface area (Å²) in [6.07, 6.45) is 0. The summed E-state index contributed by atoms with van der Waals surface area (Å²) in [6, 6.07) is 6.04. The van der Waals surface area contributed by atoms with E-state index in [0.29, 0.717) is 5.75 Å². The van der Waals surface area contributed by atoms with Gasteiger partial charge in [-0.25, -0.2) is 9.59 Å². The van der Waals surface area contributed by atoms with Crippen LogP contribution in [-0.2, 0) is 0 Å². The molecule has 20 heavy (non-hydrogen) atoms. The third-order valence-electron chi connectivity index (χ3n) is 2.59. The zero-order valence-corrected chi connectivity index (χ0v) is 11.0. The monoisotopic (exact) mass is 296 g/mol. The smallest absolute Gasteiger partial charge is 0.354 e. The molecule has 0 fully saturated rings. The minimum atomic E-state index is -1.48. The molecule has 1 heterocycles. The van der Waals surface area contributed by atoms with Crippen LogP contribution < -0.4 is 16.0 Å². The molecule has 0 saturated heterocycles. The molecule has 1 aromatic heterocycles. The predicted octanol–water partition coefficient (Wildman–Crippen LogP) is 0.886. The van der Waals surface area contributed by atoms with Crippen molar-refractivity contribution >= 4 is 17.6 Å². The lowest BCUT2D eigenvalue weighted by molar-refractivity contribution is 0.0686. The Morgan fingerprint density at radius 1 is 1.30 bits per heavy atom. The molecule has 7 nitrogen and oxygen atoms in total. The number of hydrogen-bond donors (Lipinski definition) is 2. The van der Waals surface area contributed by atoms with Crippen LogP contribution in [0.3, 0.4) is 0 Å². The molecule has 0 bridgehead atoms. The second kappa shape index (κ2) is 5.22. The number of aromatic amines is 1. The summed E-state index contributed by atoms with van der Waals surface area (Å²) in [5.41, 5.74) is -2.18. The molecule has 2 rings (SSSR count). The number of aromatic carboxylic acids is 1. The number of nitrogens with zero attached hydrogens (tertiary/aromatic N) is 1. The third kappa shape index (κ3) is 2.30.